The summed E-state index contributed by atoms with van der Waals surface area (Å²) in [6.45, 7) is 0. The molecule has 0 saturated heterocycles. The van der Waals surface area contributed by atoms with Crippen molar-refractivity contribution in [2.45, 2.75) is 0 Å². The lowest BCUT2D eigenvalue weighted by molar-refractivity contribution is 0.102. The van der Waals surface area contributed by atoms with Gasteiger partial charge in [0.1, 0.15) is 0 Å². The summed E-state index contributed by atoms with van der Waals surface area (Å²) in [5, 5.41) is 7.61. The maximum atomic E-state index is 12.4. The lowest BCUT2D eigenvalue weighted by Gasteiger charge is -2.10. The zero-order valence-electron chi connectivity index (χ0n) is 13.7. The number of carbonyl (C=O) groups is 1. The van der Waals surface area contributed by atoms with Crippen molar-refractivity contribution in [3.8, 4) is 17.2 Å². The fourth-order valence-corrected chi connectivity index (χ4v) is 2.50. The average molecular weight is 358 g/mol. The van der Waals surface area contributed by atoms with Gasteiger partial charge in [-0.25, -0.2) is 4.68 Å². The van der Waals surface area contributed by atoms with Gasteiger partial charge in [0.25, 0.3) is 5.91 Å². The maximum absolute atomic E-state index is 12.4. The molecule has 0 aliphatic carbocycles. The van der Waals surface area contributed by atoms with E-state index in [-0.39, 0.29) is 5.91 Å². The normalized spacial score (nSPS) is 10.4. The number of rotatable bonds is 5. The molecule has 1 amide bonds. The summed E-state index contributed by atoms with van der Waals surface area (Å²) in [6, 6.07) is 12.4. The molecule has 0 aliphatic rings. The standard InChI is InChI=1S/C18H16ClN3O3/c1-24-16-7-6-14(9-17(16)25-2)21-18(23)12-10-20-22(11-12)15-5-3-4-13(19)8-15/h3-11H,1-2H3,(H,21,23). The van der Waals surface area contributed by atoms with Crippen molar-refractivity contribution in [1.29, 1.82) is 0 Å². The molecule has 1 N–H and O–H groups in total. The van der Waals surface area contributed by atoms with E-state index >= 15 is 0 Å². The third kappa shape index (κ3) is 3.75. The first-order valence-electron chi connectivity index (χ1n) is 7.44. The number of hydrogen-bond donors (Lipinski definition) is 1. The molecule has 3 aromatic rings. The van der Waals surface area contributed by atoms with E-state index in [9.17, 15) is 4.79 Å². The van der Waals surface area contributed by atoms with E-state index in [4.69, 9.17) is 21.1 Å². The second-order valence-corrected chi connectivity index (χ2v) is 5.61. The molecule has 0 aliphatic heterocycles. The van der Waals surface area contributed by atoms with Gasteiger partial charge in [-0.05, 0) is 30.3 Å². The topological polar surface area (TPSA) is 65.4 Å². The zero-order chi connectivity index (χ0) is 17.8. The molecule has 0 bridgehead atoms. The summed E-state index contributed by atoms with van der Waals surface area (Å²) >= 11 is 5.98. The molecule has 2 aromatic carbocycles. The van der Waals surface area contributed by atoms with Crippen molar-refractivity contribution < 1.29 is 14.3 Å². The molecule has 1 heterocycles. The highest BCUT2D eigenvalue weighted by Gasteiger charge is 2.12. The van der Waals surface area contributed by atoms with Gasteiger partial charge >= 0.3 is 0 Å². The molecule has 0 spiro atoms. The minimum absolute atomic E-state index is 0.277. The van der Waals surface area contributed by atoms with Gasteiger partial charge in [0, 0.05) is 23.0 Å². The van der Waals surface area contributed by atoms with Crippen molar-refractivity contribution in [2.75, 3.05) is 19.5 Å². The number of nitrogens with one attached hydrogen (secondary N) is 1. The number of hydrogen-bond acceptors (Lipinski definition) is 4. The lowest BCUT2D eigenvalue weighted by atomic mass is 10.2. The molecule has 1 aromatic heterocycles. The number of anilines is 1. The van der Waals surface area contributed by atoms with Crippen LogP contribution in [0.2, 0.25) is 5.02 Å². The molecule has 7 heteroatoms. The highest BCUT2D eigenvalue weighted by Crippen LogP contribution is 2.29. The van der Waals surface area contributed by atoms with Gasteiger partial charge in [-0.1, -0.05) is 17.7 Å². The summed E-state index contributed by atoms with van der Waals surface area (Å²) < 4.78 is 12.0. The first kappa shape index (κ1) is 16.9. The Balaban J connectivity index is 1.78. The van der Waals surface area contributed by atoms with Crippen molar-refractivity contribution in [3.05, 3.63) is 65.4 Å². The van der Waals surface area contributed by atoms with Crippen LogP contribution in [0.1, 0.15) is 10.4 Å². The van der Waals surface area contributed by atoms with E-state index in [0.29, 0.717) is 27.8 Å². The van der Waals surface area contributed by atoms with Crippen LogP contribution in [0, 0.1) is 0 Å². The van der Waals surface area contributed by atoms with Crippen LogP contribution in [0.3, 0.4) is 0 Å². The third-order valence-electron chi connectivity index (χ3n) is 3.56. The van der Waals surface area contributed by atoms with Crippen LogP contribution in [0.25, 0.3) is 5.69 Å². The van der Waals surface area contributed by atoms with E-state index < -0.39 is 0 Å². The molecule has 0 radical (unpaired) electrons. The lowest BCUT2D eigenvalue weighted by Crippen LogP contribution is -2.11. The van der Waals surface area contributed by atoms with Gasteiger partial charge in [0.15, 0.2) is 11.5 Å². The van der Waals surface area contributed by atoms with Gasteiger partial charge in [-0.15, -0.1) is 0 Å². The Morgan fingerprint density at radius 2 is 1.92 bits per heavy atom. The number of ether oxygens (including phenoxy) is 2. The van der Waals surface area contributed by atoms with Gasteiger partial charge in [-0.2, -0.15) is 5.10 Å². The number of aromatic nitrogens is 2. The Morgan fingerprint density at radius 1 is 1.12 bits per heavy atom. The summed E-state index contributed by atoms with van der Waals surface area (Å²) in [7, 11) is 3.10. The van der Waals surface area contributed by atoms with Crippen molar-refractivity contribution in [2.24, 2.45) is 0 Å². The number of methoxy groups -OCH3 is 2. The van der Waals surface area contributed by atoms with Crippen molar-refractivity contribution in [3.63, 3.8) is 0 Å². The van der Waals surface area contributed by atoms with E-state index in [1.54, 1.807) is 55.4 Å². The zero-order valence-corrected chi connectivity index (χ0v) is 14.4. The summed E-state index contributed by atoms with van der Waals surface area (Å²) in [5.41, 5.74) is 1.80. The fraction of sp³-hybridized carbons (Fsp3) is 0.111. The molecule has 3 rings (SSSR count). The molecular weight excluding hydrogens is 342 g/mol. The van der Waals surface area contributed by atoms with Crippen LogP contribution in [0.4, 0.5) is 5.69 Å². The van der Waals surface area contributed by atoms with E-state index in [2.05, 4.69) is 10.4 Å². The van der Waals surface area contributed by atoms with Gasteiger partial charge < -0.3 is 14.8 Å². The van der Waals surface area contributed by atoms with E-state index in [1.165, 1.54) is 6.20 Å². The van der Waals surface area contributed by atoms with Crippen molar-refractivity contribution in [1.82, 2.24) is 9.78 Å². The van der Waals surface area contributed by atoms with Crippen LogP contribution in [-0.4, -0.2) is 29.9 Å². The Kier molecular flexibility index (Phi) is 4.90. The molecule has 0 unspecified atom stereocenters. The molecule has 0 atom stereocenters. The van der Waals surface area contributed by atoms with Gasteiger partial charge in [0.2, 0.25) is 0 Å². The smallest absolute Gasteiger partial charge is 0.258 e. The molecule has 128 valence electrons. The summed E-state index contributed by atoms with van der Waals surface area (Å²) in [4.78, 5) is 12.4. The Bertz CT molecular complexity index is 908. The average Bonchev–Trinajstić information content (AvgIpc) is 3.12. The Hall–Kier alpha value is -2.99. The minimum atomic E-state index is -0.277. The summed E-state index contributed by atoms with van der Waals surface area (Å²) in [5.74, 6) is 0.852. The predicted molar refractivity (Wildman–Crippen MR) is 96.1 cm³/mol. The second-order valence-electron chi connectivity index (χ2n) is 5.18. The van der Waals surface area contributed by atoms with Gasteiger partial charge in [0.05, 0.1) is 31.7 Å². The van der Waals surface area contributed by atoms with Crippen LogP contribution in [0.5, 0.6) is 11.5 Å². The number of carbonyl (C=O) groups excluding carboxylic acids is 1. The van der Waals surface area contributed by atoms with Gasteiger partial charge in [-0.3, -0.25) is 4.79 Å². The monoisotopic (exact) mass is 357 g/mol. The highest BCUT2D eigenvalue weighted by atomic mass is 35.5. The molecule has 25 heavy (non-hydrogen) atoms. The quantitative estimate of drug-likeness (QED) is 0.754. The predicted octanol–water partition coefficient (Wildman–Crippen LogP) is 3.80. The molecule has 0 saturated carbocycles. The number of halogens is 1. The first-order valence-corrected chi connectivity index (χ1v) is 7.82. The Morgan fingerprint density at radius 3 is 2.64 bits per heavy atom. The van der Waals surface area contributed by atoms with Crippen LogP contribution < -0.4 is 14.8 Å². The summed E-state index contributed by atoms with van der Waals surface area (Å²) in [6.07, 6.45) is 3.14. The fourth-order valence-electron chi connectivity index (χ4n) is 2.32. The van der Waals surface area contributed by atoms with Crippen LogP contribution >= 0.6 is 11.6 Å². The largest absolute Gasteiger partial charge is 0.493 e. The highest BCUT2D eigenvalue weighted by molar-refractivity contribution is 6.30. The molecule has 6 nitrogen and oxygen atoms in total. The van der Waals surface area contributed by atoms with E-state index in [1.807, 2.05) is 12.1 Å². The van der Waals surface area contributed by atoms with Crippen LogP contribution in [-0.2, 0) is 0 Å². The third-order valence-corrected chi connectivity index (χ3v) is 3.79. The molecule has 0 fully saturated rings. The van der Waals surface area contributed by atoms with Crippen molar-refractivity contribution >= 4 is 23.2 Å². The number of amides is 1. The van der Waals surface area contributed by atoms with Crippen LogP contribution in [0.15, 0.2) is 54.9 Å². The number of nitrogens with zero attached hydrogens (tertiary/aromatic N) is 2. The van der Waals surface area contributed by atoms with E-state index in [0.717, 1.165) is 5.69 Å². The second kappa shape index (κ2) is 7.27. The number of benzene rings is 2. The Labute approximate surface area is 149 Å². The maximum Gasteiger partial charge on any atom is 0.258 e. The first-order chi connectivity index (χ1) is 12.1. The molecular formula is C18H16ClN3O3. The SMILES string of the molecule is COc1ccc(NC(=O)c2cnn(-c3cccc(Cl)c3)c2)cc1OC. The minimum Gasteiger partial charge on any atom is -0.493 e.